The second-order valence-corrected chi connectivity index (χ2v) is 9.07. The van der Waals surface area contributed by atoms with Gasteiger partial charge in [-0.2, -0.15) is 0 Å². The molecule has 0 bridgehead atoms. The van der Waals surface area contributed by atoms with Crippen LogP contribution < -0.4 is 5.73 Å². The first-order chi connectivity index (χ1) is 13.9. The number of rotatable bonds is 6. The van der Waals surface area contributed by atoms with Crippen molar-refractivity contribution in [3.8, 4) is 0 Å². The maximum absolute atomic E-state index is 13.4. The Morgan fingerprint density at radius 1 is 1.03 bits per heavy atom. The summed E-state index contributed by atoms with van der Waals surface area (Å²) in [6.45, 7) is 0.707. The van der Waals surface area contributed by atoms with E-state index in [4.69, 9.17) is 28.9 Å². The van der Waals surface area contributed by atoms with Crippen molar-refractivity contribution in [2.75, 3.05) is 6.54 Å². The molecule has 4 rings (SSSR count). The van der Waals surface area contributed by atoms with E-state index in [1.54, 1.807) is 0 Å². The standard InChI is InChI=1S/C23H24Cl2N2O2/c24-18-8-6-15(7-9-18)22-20(16-2-1-3-19(25)10-16)11-17(12-21(26)28)23(29)27(22)13-14-4-5-14/h1-3,6-10,14,17,20,22H,4-5,11-13H2,(H2,26,28)/t17-,20?,22?/m1/s1. The highest BCUT2D eigenvalue weighted by Gasteiger charge is 2.45. The fourth-order valence-corrected chi connectivity index (χ4v) is 4.77. The van der Waals surface area contributed by atoms with Gasteiger partial charge in [-0.25, -0.2) is 0 Å². The lowest BCUT2D eigenvalue weighted by molar-refractivity contribution is -0.145. The molecule has 4 nitrogen and oxygen atoms in total. The molecule has 2 amide bonds. The van der Waals surface area contributed by atoms with E-state index in [-0.39, 0.29) is 24.3 Å². The smallest absolute Gasteiger partial charge is 0.226 e. The van der Waals surface area contributed by atoms with E-state index in [0.29, 0.717) is 28.9 Å². The fraction of sp³-hybridized carbons (Fsp3) is 0.391. The van der Waals surface area contributed by atoms with Crippen molar-refractivity contribution in [1.82, 2.24) is 4.90 Å². The quantitative estimate of drug-likeness (QED) is 0.703. The lowest BCUT2D eigenvalue weighted by Gasteiger charge is -2.45. The van der Waals surface area contributed by atoms with Gasteiger partial charge in [0.2, 0.25) is 11.8 Å². The molecule has 2 aliphatic rings. The maximum Gasteiger partial charge on any atom is 0.226 e. The normalized spacial score (nSPS) is 24.6. The summed E-state index contributed by atoms with van der Waals surface area (Å²) in [5, 5.41) is 1.32. The zero-order valence-corrected chi connectivity index (χ0v) is 17.6. The second-order valence-electron chi connectivity index (χ2n) is 8.19. The van der Waals surface area contributed by atoms with Gasteiger partial charge in [0, 0.05) is 34.8 Å². The molecule has 1 saturated heterocycles. The van der Waals surface area contributed by atoms with Crippen molar-refractivity contribution >= 4 is 35.0 Å². The number of carbonyl (C=O) groups excluding carboxylic acids is 2. The molecule has 2 unspecified atom stereocenters. The molecule has 1 aliphatic carbocycles. The predicted octanol–water partition coefficient (Wildman–Crippen LogP) is 4.95. The number of carbonyl (C=O) groups is 2. The van der Waals surface area contributed by atoms with Crippen LogP contribution in [0.5, 0.6) is 0 Å². The van der Waals surface area contributed by atoms with E-state index in [1.165, 1.54) is 0 Å². The van der Waals surface area contributed by atoms with Gasteiger partial charge in [-0.3, -0.25) is 9.59 Å². The molecule has 3 atom stereocenters. The van der Waals surface area contributed by atoms with Crippen LogP contribution in [0, 0.1) is 11.8 Å². The molecule has 2 fully saturated rings. The van der Waals surface area contributed by atoms with Gasteiger partial charge in [-0.1, -0.05) is 47.5 Å². The highest BCUT2D eigenvalue weighted by Crippen LogP contribution is 2.47. The summed E-state index contributed by atoms with van der Waals surface area (Å²) in [6, 6.07) is 15.4. The number of likely N-dealkylation sites (tertiary alicyclic amines) is 1. The monoisotopic (exact) mass is 430 g/mol. The zero-order chi connectivity index (χ0) is 20.5. The van der Waals surface area contributed by atoms with Crippen LogP contribution in [-0.2, 0) is 9.59 Å². The lowest BCUT2D eigenvalue weighted by atomic mass is 9.74. The Morgan fingerprint density at radius 2 is 1.76 bits per heavy atom. The average Bonchev–Trinajstić information content (AvgIpc) is 3.49. The first-order valence-electron chi connectivity index (χ1n) is 10.0. The van der Waals surface area contributed by atoms with Gasteiger partial charge in [0.15, 0.2) is 0 Å². The molecule has 1 saturated carbocycles. The molecule has 29 heavy (non-hydrogen) atoms. The summed E-state index contributed by atoms with van der Waals surface area (Å²) < 4.78 is 0. The fourth-order valence-electron chi connectivity index (χ4n) is 4.45. The van der Waals surface area contributed by atoms with Crippen molar-refractivity contribution in [3.63, 3.8) is 0 Å². The SMILES string of the molecule is NC(=O)C[C@H]1CC(c2cccc(Cl)c2)C(c2ccc(Cl)cc2)N(CC2CC2)C1=O. The van der Waals surface area contributed by atoms with Crippen molar-refractivity contribution in [2.24, 2.45) is 17.6 Å². The molecule has 2 aromatic carbocycles. The van der Waals surface area contributed by atoms with Crippen LogP contribution in [-0.4, -0.2) is 23.3 Å². The molecular weight excluding hydrogens is 407 g/mol. The number of piperidine rings is 1. The molecule has 0 spiro atoms. The van der Waals surface area contributed by atoms with Crippen molar-refractivity contribution in [1.29, 1.82) is 0 Å². The zero-order valence-electron chi connectivity index (χ0n) is 16.1. The lowest BCUT2D eigenvalue weighted by Crippen LogP contribution is -2.48. The van der Waals surface area contributed by atoms with Gasteiger partial charge in [0.05, 0.1) is 6.04 Å². The molecule has 0 radical (unpaired) electrons. The van der Waals surface area contributed by atoms with Crippen molar-refractivity contribution in [2.45, 2.75) is 37.6 Å². The van der Waals surface area contributed by atoms with E-state index < -0.39 is 11.8 Å². The van der Waals surface area contributed by atoms with Crippen LogP contribution in [0.2, 0.25) is 10.0 Å². The Labute approximate surface area is 181 Å². The molecule has 1 aliphatic heterocycles. The Kier molecular flexibility index (Phi) is 5.84. The van der Waals surface area contributed by atoms with Crippen molar-refractivity contribution < 1.29 is 9.59 Å². The van der Waals surface area contributed by atoms with Gasteiger partial charge in [-0.05, 0) is 60.6 Å². The Morgan fingerprint density at radius 3 is 2.38 bits per heavy atom. The molecule has 0 aromatic heterocycles. The van der Waals surface area contributed by atoms with Crippen LogP contribution in [0.15, 0.2) is 48.5 Å². The largest absolute Gasteiger partial charge is 0.370 e. The van der Waals surface area contributed by atoms with Gasteiger partial charge in [0.1, 0.15) is 0 Å². The topological polar surface area (TPSA) is 63.4 Å². The molecule has 1 heterocycles. The maximum atomic E-state index is 13.4. The minimum Gasteiger partial charge on any atom is -0.370 e. The Bertz CT molecular complexity index is 911. The molecule has 2 N–H and O–H groups in total. The number of amides is 2. The van der Waals surface area contributed by atoms with Gasteiger partial charge < -0.3 is 10.6 Å². The highest BCUT2D eigenvalue weighted by molar-refractivity contribution is 6.30. The first-order valence-corrected chi connectivity index (χ1v) is 10.8. The van der Waals surface area contributed by atoms with Crippen LogP contribution in [0.4, 0.5) is 0 Å². The third-order valence-electron chi connectivity index (χ3n) is 5.98. The number of benzene rings is 2. The number of nitrogens with two attached hydrogens (primary N) is 1. The van der Waals surface area contributed by atoms with Crippen LogP contribution in [0.1, 0.15) is 48.8 Å². The van der Waals surface area contributed by atoms with Crippen molar-refractivity contribution in [3.05, 3.63) is 69.7 Å². The Hall–Kier alpha value is -2.04. The molecular formula is C23H24Cl2N2O2. The van der Waals surface area contributed by atoms with E-state index in [2.05, 4.69) is 0 Å². The average molecular weight is 431 g/mol. The third kappa shape index (κ3) is 4.59. The minimum absolute atomic E-state index is 0.0222. The predicted molar refractivity (Wildman–Crippen MR) is 115 cm³/mol. The molecule has 152 valence electrons. The second kappa shape index (κ2) is 8.37. The summed E-state index contributed by atoms with van der Waals surface area (Å²) in [5.41, 5.74) is 7.59. The summed E-state index contributed by atoms with van der Waals surface area (Å²) >= 11 is 12.4. The number of nitrogens with zero attached hydrogens (tertiary/aromatic N) is 1. The van der Waals surface area contributed by atoms with E-state index >= 15 is 0 Å². The first kappa shape index (κ1) is 20.2. The summed E-state index contributed by atoms with van der Waals surface area (Å²) in [4.78, 5) is 27.0. The van der Waals surface area contributed by atoms with E-state index in [0.717, 1.165) is 24.0 Å². The van der Waals surface area contributed by atoms with Gasteiger partial charge in [-0.15, -0.1) is 0 Å². The van der Waals surface area contributed by atoms with Gasteiger partial charge in [0.25, 0.3) is 0 Å². The highest BCUT2D eigenvalue weighted by atomic mass is 35.5. The van der Waals surface area contributed by atoms with Crippen LogP contribution >= 0.6 is 23.2 Å². The number of hydrogen-bond donors (Lipinski definition) is 1. The summed E-state index contributed by atoms with van der Waals surface area (Å²) in [5.74, 6) is -0.269. The number of halogens is 2. The third-order valence-corrected chi connectivity index (χ3v) is 6.46. The molecule has 2 aromatic rings. The van der Waals surface area contributed by atoms with Crippen LogP contribution in [0.25, 0.3) is 0 Å². The Balaban J connectivity index is 1.78. The number of primary amides is 1. The number of hydrogen-bond acceptors (Lipinski definition) is 2. The molecule has 6 heteroatoms. The van der Waals surface area contributed by atoms with Crippen LogP contribution in [0.3, 0.4) is 0 Å². The van der Waals surface area contributed by atoms with E-state index in [9.17, 15) is 9.59 Å². The summed E-state index contributed by atoms with van der Waals surface area (Å²) in [6.07, 6.45) is 2.92. The van der Waals surface area contributed by atoms with E-state index in [1.807, 2.05) is 53.4 Å². The van der Waals surface area contributed by atoms with Gasteiger partial charge >= 0.3 is 0 Å². The minimum atomic E-state index is -0.440. The summed E-state index contributed by atoms with van der Waals surface area (Å²) in [7, 11) is 0.